The summed E-state index contributed by atoms with van der Waals surface area (Å²) in [6.45, 7) is 0. The number of benzene rings is 2. The molecule has 0 atom stereocenters. The number of fused-ring (bicyclic) bond motifs is 1. The zero-order chi connectivity index (χ0) is 18.2. The number of amides is 1. The third-order valence-electron chi connectivity index (χ3n) is 5.14. The molecule has 1 amide bonds. The lowest BCUT2D eigenvalue weighted by Crippen LogP contribution is -2.12. The van der Waals surface area contributed by atoms with Crippen LogP contribution in [-0.4, -0.2) is 26.1 Å². The first kappa shape index (κ1) is 15.8. The van der Waals surface area contributed by atoms with Gasteiger partial charge in [-0.05, 0) is 37.1 Å². The van der Waals surface area contributed by atoms with Crippen molar-refractivity contribution in [1.29, 1.82) is 0 Å². The van der Waals surface area contributed by atoms with Crippen LogP contribution in [0.2, 0.25) is 0 Å². The summed E-state index contributed by atoms with van der Waals surface area (Å²) < 4.78 is 0. The molecule has 2 aromatic carbocycles. The highest BCUT2D eigenvalue weighted by Gasteiger charge is 2.22. The molecule has 1 aliphatic carbocycles. The first-order valence-corrected chi connectivity index (χ1v) is 9.18. The Balaban J connectivity index is 1.35. The minimum absolute atomic E-state index is 0.220. The minimum Gasteiger partial charge on any atom is -0.342 e. The lowest BCUT2D eigenvalue weighted by molar-refractivity contribution is 0.102. The number of hydrogen-bond acceptors (Lipinski definition) is 3. The summed E-state index contributed by atoms with van der Waals surface area (Å²) in [4.78, 5) is 20.6. The number of aromatic amines is 2. The number of imidazole rings is 1. The summed E-state index contributed by atoms with van der Waals surface area (Å²) in [5.74, 6) is 1.39. The molecular formula is C21H19N5O. The Morgan fingerprint density at radius 3 is 2.70 bits per heavy atom. The van der Waals surface area contributed by atoms with E-state index in [1.54, 1.807) is 6.07 Å². The first-order chi connectivity index (χ1) is 13.3. The van der Waals surface area contributed by atoms with E-state index in [1.165, 1.54) is 19.3 Å². The topological polar surface area (TPSA) is 86.5 Å². The van der Waals surface area contributed by atoms with E-state index in [0.717, 1.165) is 33.8 Å². The molecule has 0 saturated heterocycles. The van der Waals surface area contributed by atoms with Crippen LogP contribution >= 0.6 is 0 Å². The van der Waals surface area contributed by atoms with Crippen LogP contribution in [0, 0.1) is 0 Å². The maximum Gasteiger partial charge on any atom is 0.273 e. The van der Waals surface area contributed by atoms with Gasteiger partial charge in [-0.25, -0.2) is 4.98 Å². The predicted octanol–water partition coefficient (Wildman–Crippen LogP) is 4.47. The molecule has 4 aromatic rings. The SMILES string of the molecule is O=C(Nc1ccc2nc(C3CCC3)[nH]c2c1)c1cc(-c2ccccc2)n[nH]1. The molecule has 1 aliphatic rings. The van der Waals surface area contributed by atoms with Crippen molar-refractivity contribution in [3.63, 3.8) is 0 Å². The minimum atomic E-state index is -0.220. The quantitative estimate of drug-likeness (QED) is 0.503. The molecular weight excluding hydrogens is 338 g/mol. The second-order valence-electron chi connectivity index (χ2n) is 6.97. The highest BCUT2D eigenvalue weighted by Crippen LogP contribution is 2.35. The predicted molar refractivity (Wildman–Crippen MR) is 105 cm³/mol. The Hall–Kier alpha value is -3.41. The standard InChI is InChI=1S/C21H19N5O/c27-21(19-12-17(25-26-19)13-5-2-1-3-6-13)22-15-9-10-16-18(11-15)24-20(23-16)14-7-4-8-14/h1-3,5-6,9-12,14H,4,7-8H2,(H,22,27)(H,23,24)(H,25,26). The second-order valence-corrected chi connectivity index (χ2v) is 6.97. The van der Waals surface area contributed by atoms with Gasteiger partial charge in [0.25, 0.3) is 5.91 Å². The molecule has 27 heavy (non-hydrogen) atoms. The van der Waals surface area contributed by atoms with Crippen LogP contribution in [0.5, 0.6) is 0 Å². The van der Waals surface area contributed by atoms with Crippen molar-refractivity contribution in [2.24, 2.45) is 0 Å². The van der Waals surface area contributed by atoms with Gasteiger partial charge in [-0.15, -0.1) is 0 Å². The van der Waals surface area contributed by atoms with Gasteiger partial charge in [0.1, 0.15) is 11.5 Å². The lowest BCUT2D eigenvalue weighted by Gasteiger charge is -2.22. The van der Waals surface area contributed by atoms with Gasteiger partial charge in [-0.3, -0.25) is 9.89 Å². The number of H-pyrrole nitrogens is 2. The number of hydrogen-bond donors (Lipinski definition) is 3. The zero-order valence-electron chi connectivity index (χ0n) is 14.7. The fraction of sp³-hybridized carbons (Fsp3) is 0.190. The molecule has 134 valence electrons. The molecule has 6 heteroatoms. The van der Waals surface area contributed by atoms with Crippen molar-refractivity contribution < 1.29 is 4.79 Å². The van der Waals surface area contributed by atoms with Gasteiger partial charge in [-0.1, -0.05) is 36.8 Å². The maximum atomic E-state index is 12.6. The van der Waals surface area contributed by atoms with E-state index in [4.69, 9.17) is 0 Å². The van der Waals surface area contributed by atoms with Crippen molar-refractivity contribution in [3.05, 3.63) is 66.1 Å². The van der Waals surface area contributed by atoms with Crippen LogP contribution in [0.1, 0.15) is 41.5 Å². The fourth-order valence-electron chi connectivity index (χ4n) is 3.38. The molecule has 5 rings (SSSR count). The monoisotopic (exact) mass is 357 g/mol. The fourth-order valence-corrected chi connectivity index (χ4v) is 3.38. The van der Waals surface area contributed by atoms with Crippen molar-refractivity contribution in [1.82, 2.24) is 20.2 Å². The average Bonchev–Trinajstić information content (AvgIpc) is 3.27. The largest absolute Gasteiger partial charge is 0.342 e. The van der Waals surface area contributed by atoms with E-state index in [2.05, 4.69) is 25.5 Å². The van der Waals surface area contributed by atoms with Crippen molar-refractivity contribution in [2.45, 2.75) is 25.2 Å². The summed E-state index contributed by atoms with van der Waals surface area (Å²) in [5, 5.41) is 9.97. The Labute approximate surface area is 156 Å². The summed E-state index contributed by atoms with van der Waals surface area (Å²) in [5.41, 5.74) is 4.75. The van der Waals surface area contributed by atoms with Crippen LogP contribution in [-0.2, 0) is 0 Å². The summed E-state index contributed by atoms with van der Waals surface area (Å²) in [6.07, 6.45) is 3.68. The number of aromatic nitrogens is 4. The number of anilines is 1. The van der Waals surface area contributed by atoms with Crippen LogP contribution in [0.15, 0.2) is 54.6 Å². The lowest BCUT2D eigenvalue weighted by atomic mass is 9.85. The van der Waals surface area contributed by atoms with Crippen molar-refractivity contribution in [2.75, 3.05) is 5.32 Å². The number of carbonyl (C=O) groups excluding carboxylic acids is 1. The average molecular weight is 357 g/mol. The highest BCUT2D eigenvalue weighted by molar-refractivity contribution is 6.04. The Morgan fingerprint density at radius 1 is 1.07 bits per heavy atom. The van der Waals surface area contributed by atoms with Crippen LogP contribution in [0.25, 0.3) is 22.3 Å². The van der Waals surface area contributed by atoms with E-state index < -0.39 is 0 Å². The van der Waals surface area contributed by atoms with E-state index in [0.29, 0.717) is 11.6 Å². The zero-order valence-corrected chi connectivity index (χ0v) is 14.7. The Bertz CT molecular complexity index is 1110. The summed E-state index contributed by atoms with van der Waals surface area (Å²) in [6, 6.07) is 17.3. The van der Waals surface area contributed by atoms with E-state index >= 15 is 0 Å². The molecule has 2 heterocycles. The van der Waals surface area contributed by atoms with Gasteiger partial charge in [0.2, 0.25) is 0 Å². The molecule has 2 aromatic heterocycles. The van der Waals surface area contributed by atoms with Crippen molar-refractivity contribution in [3.8, 4) is 11.3 Å². The summed E-state index contributed by atoms with van der Waals surface area (Å²) >= 11 is 0. The molecule has 0 spiro atoms. The van der Waals surface area contributed by atoms with Gasteiger partial charge < -0.3 is 10.3 Å². The second kappa shape index (κ2) is 6.39. The van der Waals surface area contributed by atoms with Crippen LogP contribution in [0.4, 0.5) is 5.69 Å². The summed E-state index contributed by atoms with van der Waals surface area (Å²) in [7, 11) is 0. The number of nitrogens with one attached hydrogen (secondary N) is 3. The van der Waals surface area contributed by atoms with Gasteiger partial charge in [0.15, 0.2) is 0 Å². The normalized spacial score (nSPS) is 14.2. The molecule has 3 N–H and O–H groups in total. The number of rotatable bonds is 4. The van der Waals surface area contributed by atoms with Crippen molar-refractivity contribution >= 4 is 22.6 Å². The van der Waals surface area contributed by atoms with Crippen LogP contribution < -0.4 is 5.32 Å². The molecule has 0 radical (unpaired) electrons. The molecule has 0 unspecified atom stereocenters. The Kier molecular flexibility index (Phi) is 3.74. The van der Waals surface area contributed by atoms with E-state index in [9.17, 15) is 4.79 Å². The first-order valence-electron chi connectivity index (χ1n) is 9.18. The molecule has 6 nitrogen and oxygen atoms in total. The van der Waals surface area contributed by atoms with E-state index in [-0.39, 0.29) is 5.91 Å². The molecule has 1 saturated carbocycles. The van der Waals surface area contributed by atoms with Gasteiger partial charge in [-0.2, -0.15) is 5.10 Å². The van der Waals surface area contributed by atoms with Gasteiger partial charge >= 0.3 is 0 Å². The maximum absolute atomic E-state index is 12.6. The third-order valence-corrected chi connectivity index (χ3v) is 5.14. The van der Waals surface area contributed by atoms with Crippen LogP contribution in [0.3, 0.4) is 0 Å². The number of nitrogens with zero attached hydrogens (tertiary/aromatic N) is 2. The molecule has 0 aliphatic heterocycles. The van der Waals surface area contributed by atoms with Gasteiger partial charge in [0.05, 0.1) is 16.7 Å². The highest BCUT2D eigenvalue weighted by atomic mass is 16.1. The van der Waals surface area contributed by atoms with E-state index in [1.807, 2.05) is 48.5 Å². The third kappa shape index (κ3) is 2.99. The molecule has 1 fully saturated rings. The number of carbonyl (C=O) groups is 1. The molecule has 0 bridgehead atoms. The van der Waals surface area contributed by atoms with Gasteiger partial charge in [0, 0.05) is 17.2 Å². The smallest absolute Gasteiger partial charge is 0.273 e. The Morgan fingerprint density at radius 2 is 1.93 bits per heavy atom.